The normalized spacial score (nSPS) is 10.8. The molecule has 4 heteroatoms. The molecule has 16 heavy (non-hydrogen) atoms. The highest BCUT2D eigenvalue weighted by molar-refractivity contribution is 6.06. The number of aromatic nitrogens is 1. The average molecular weight is 221 g/mol. The van der Waals surface area contributed by atoms with E-state index in [1.807, 2.05) is 0 Å². The molecule has 0 unspecified atom stereocenters. The SMILES string of the molecule is CC(=O)c1cc(C)nc2c(F)ccc(F)c12. The third kappa shape index (κ3) is 1.56. The first-order chi connectivity index (χ1) is 7.50. The zero-order chi connectivity index (χ0) is 11.9. The van der Waals surface area contributed by atoms with Gasteiger partial charge in [-0.05, 0) is 32.0 Å². The number of carbonyl (C=O) groups excluding carboxylic acids is 1. The molecular formula is C12H9F2NO. The zero-order valence-corrected chi connectivity index (χ0v) is 8.84. The summed E-state index contributed by atoms with van der Waals surface area (Å²) in [5.41, 5.74) is 0.562. The molecule has 0 aliphatic heterocycles. The second-order valence-corrected chi connectivity index (χ2v) is 3.62. The first-order valence-corrected chi connectivity index (χ1v) is 4.77. The van der Waals surface area contributed by atoms with Gasteiger partial charge in [0, 0.05) is 16.6 Å². The molecule has 1 heterocycles. The molecule has 0 bridgehead atoms. The number of hydrogen-bond acceptors (Lipinski definition) is 2. The van der Waals surface area contributed by atoms with Crippen LogP contribution in [0.2, 0.25) is 0 Å². The summed E-state index contributed by atoms with van der Waals surface area (Å²) in [6.07, 6.45) is 0. The maximum Gasteiger partial charge on any atom is 0.160 e. The molecule has 0 N–H and O–H groups in total. The molecule has 0 fully saturated rings. The zero-order valence-electron chi connectivity index (χ0n) is 8.84. The van der Waals surface area contributed by atoms with Crippen molar-refractivity contribution in [3.8, 4) is 0 Å². The van der Waals surface area contributed by atoms with E-state index in [1.165, 1.54) is 13.0 Å². The van der Waals surface area contributed by atoms with Gasteiger partial charge in [0.2, 0.25) is 0 Å². The lowest BCUT2D eigenvalue weighted by Crippen LogP contribution is -2.00. The standard InChI is InChI=1S/C12H9F2NO/c1-6-5-8(7(2)16)11-9(13)3-4-10(14)12(11)15-6/h3-5H,1-2H3. The second kappa shape index (κ2) is 3.63. The molecule has 82 valence electrons. The van der Waals surface area contributed by atoms with Gasteiger partial charge in [-0.25, -0.2) is 13.8 Å². The highest BCUT2D eigenvalue weighted by atomic mass is 19.1. The fourth-order valence-corrected chi connectivity index (χ4v) is 1.67. The molecule has 0 saturated carbocycles. The Labute approximate surface area is 90.9 Å². The van der Waals surface area contributed by atoms with Gasteiger partial charge in [-0.3, -0.25) is 4.79 Å². The van der Waals surface area contributed by atoms with Crippen LogP contribution in [-0.2, 0) is 0 Å². The second-order valence-electron chi connectivity index (χ2n) is 3.62. The largest absolute Gasteiger partial charge is 0.294 e. The van der Waals surface area contributed by atoms with E-state index in [1.54, 1.807) is 6.92 Å². The molecule has 0 amide bonds. The fourth-order valence-electron chi connectivity index (χ4n) is 1.67. The summed E-state index contributed by atoms with van der Waals surface area (Å²) in [7, 11) is 0. The number of aryl methyl sites for hydroxylation is 1. The van der Waals surface area contributed by atoms with Crippen LogP contribution >= 0.6 is 0 Å². The van der Waals surface area contributed by atoms with Crippen molar-refractivity contribution in [2.24, 2.45) is 0 Å². The van der Waals surface area contributed by atoms with Gasteiger partial charge in [-0.15, -0.1) is 0 Å². The van der Waals surface area contributed by atoms with E-state index in [4.69, 9.17) is 0 Å². The first kappa shape index (κ1) is 10.7. The molecule has 0 atom stereocenters. The predicted octanol–water partition coefficient (Wildman–Crippen LogP) is 3.02. The minimum absolute atomic E-state index is 0.0434. The number of pyridine rings is 1. The van der Waals surface area contributed by atoms with E-state index in [-0.39, 0.29) is 22.2 Å². The van der Waals surface area contributed by atoms with Crippen LogP contribution in [0.5, 0.6) is 0 Å². The number of hydrogen-bond donors (Lipinski definition) is 0. The number of nitrogens with zero attached hydrogens (tertiary/aromatic N) is 1. The number of rotatable bonds is 1. The summed E-state index contributed by atoms with van der Waals surface area (Å²) in [4.78, 5) is 15.3. The summed E-state index contributed by atoms with van der Waals surface area (Å²) < 4.78 is 27.0. The Hall–Kier alpha value is -1.84. The average Bonchev–Trinajstić information content (AvgIpc) is 2.22. The Bertz CT molecular complexity index is 593. The highest BCUT2D eigenvalue weighted by Gasteiger charge is 2.15. The number of carbonyl (C=O) groups is 1. The van der Waals surface area contributed by atoms with Crippen LogP contribution in [-0.4, -0.2) is 10.8 Å². The highest BCUT2D eigenvalue weighted by Crippen LogP contribution is 2.24. The van der Waals surface area contributed by atoms with Crippen LogP contribution in [0, 0.1) is 18.6 Å². The van der Waals surface area contributed by atoms with E-state index in [2.05, 4.69) is 4.98 Å². The lowest BCUT2D eigenvalue weighted by molar-refractivity contribution is 0.101. The van der Waals surface area contributed by atoms with Crippen LogP contribution in [0.4, 0.5) is 8.78 Å². The van der Waals surface area contributed by atoms with Gasteiger partial charge in [0.15, 0.2) is 5.78 Å². The van der Waals surface area contributed by atoms with Gasteiger partial charge < -0.3 is 0 Å². The molecule has 2 nitrogen and oxygen atoms in total. The molecule has 0 radical (unpaired) electrons. The maximum atomic E-state index is 13.6. The van der Waals surface area contributed by atoms with Crippen LogP contribution in [0.25, 0.3) is 10.9 Å². The van der Waals surface area contributed by atoms with Crippen molar-refractivity contribution in [2.45, 2.75) is 13.8 Å². The van der Waals surface area contributed by atoms with Gasteiger partial charge in [-0.2, -0.15) is 0 Å². The van der Waals surface area contributed by atoms with Crippen molar-refractivity contribution >= 4 is 16.7 Å². The Morgan fingerprint density at radius 1 is 1.25 bits per heavy atom. The topological polar surface area (TPSA) is 30.0 Å². The predicted molar refractivity (Wildman–Crippen MR) is 56.4 cm³/mol. The van der Waals surface area contributed by atoms with Crippen LogP contribution in [0.1, 0.15) is 23.0 Å². The molecule has 1 aromatic heterocycles. The summed E-state index contributed by atoms with van der Waals surface area (Å²) in [6, 6.07) is 3.47. The van der Waals surface area contributed by atoms with E-state index in [0.717, 1.165) is 12.1 Å². The van der Waals surface area contributed by atoms with Crippen LogP contribution in [0.3, 0.4) is 0 Å². The molecular weight excluding hydrogens is 212 g/mol. The summed E-state index contributed by atoms with van der Waals surface area (Å²) >= 11 is 0. The van der Waals surface area contributed by atoms with Gasteiger partial charge in [0.25, 0.3) is 0 Å². The minimum atomic E-state index is -0.630. The molecule has 0 spiro atoms. The lowest BCUT2D eigenvalue weighted by Gasteiger charge is -2.06. The van der Waals surface area contributed by atoms with Gasteiger partial charge in [-0.1, -0.05) is 0 Å². The smallest absolute Gasteiger partial charge is 0.160 e. The Morgan fingerprint density at radius 2 is 1.88 bits per heavy atom. The van der Waals surface area contributed by atoms with E-state index in [0.29, 0.717) is 5.69 Å². The summed E-state index contributed by atoms with van der Waals surface area (Å²) in [5.74, 6) is -1.56. The number of fused-ring (bicyclic) bond motifs is 1. The van der Waals surface area contributed by atoms with Crippen molar-refractivity contribution in [2.75, 3.05) is 0 Å². The molecule has 0 aliphatic carbocycles. The number of ketones is 1. The molecule has 1 aromatic carbocycles. The Balaban J connectivity index is 3.00. The summed E-state index contributed by atoms with van der Waals surface area (Å²) in [6.45, 7) is 2.95. The van der Waals surface area contributed by atoms with Crippen molar-refractivity contribution in [1.82, 2.24) is 4.98 Å². The van der Waals surface area contributed by atoms with Crippen molar-refractivity contribution in [1.29, 1.82) is 0 Å². The van der Waals surface area contributed by atoms with Gasteiger partial charge >= 0.3 is 0 Å². The third-order valence-corrected chi connectivity index (χ3v) is 2.37. The fraction of sp³-hybridized carbons (Fsp3) is 0.167. The molecule has 2 aromatic rings. The Kier molecular flexibility index (Phi) is 2.42. The molecule has 2 rings (SSSR count). The first-order valence-electron chi connectivity index (χ1n) is 4.77. The monoisotopic (exact) mass is 221 g/mol. The maximum absolute atomic E-state index is 13.6. The summed E-state index contributed by atoms with van der Waals surface area (Å²) in [5, 5.41) is -0.0434. The van der Waals surface area contributed by atoms with E-state index in [9.17, 15) is 13.6 Å². The molecule has 0 aliphatic rings. The number of Topliss-reactive ketones (excluding diaryl/α,β-unsaturated/α-hetero) is 1. The minimum Gasteiger partial charge on any atom is -0.294 e. The Morgan fingerprint density at radius 3 is 2.50 bits per heavy atom. The number of halogens is 2. The quantitative estimate of drug-likeness (QED) is 0.693. The van der Waals surface area contributed by atoms with Crippen molar-refractivity contribution < 1.29 is 13.6 Å². The van der Waals surface area contributed by atoms with E-state index < -0.39 is 11.6 Å². The van der Waals surface area contributed by atoms with Crippen molar-refractivity contribution in [3.05, 3.63) is 41.1 Å². The molecule has 0 saturated heterocycles. The number of benzene rings is 1. The van der Waals surface area contributed by atoms with Crippen LogP contribution in [0.15, 0.2) is 18.2 Å². The van der Waals surface area contributed by atoms with Crippen LogP contribution < -0.4 is 0 Å². The van der Waals surface area contributed by atoms with Gasteiger partial charge in [0.05, 0.1) is 0 Å². The van der Waals surface area contributed by atoms with Gasteiger partial charge in [0.1, 0.15) is 17.2 Å². The third-order valence-electron chi connectivity index (χ3n) is 2.37. The van der Waals surface area contributed by atoms with Crippen molar-refractivity contribution in [3.63, 3.8) is 0 Å². The lowest BCUT2D eigenvalue weighted by atomic mass is 10.0. The van der Waals surface area contributed by atoms with E-state index >= 15 is 0 Å².